The maximum atomic E-state index is 11.7. The van der Waals surface area contributed by atoms with E-state index in [9.17, 15) is 14.7 Å². The minimum Gasteiger partial charge on any atom is -0.508 e. The number of benzene rings is 1. The molecule has 2 aromatic rings. The number of aromatic hydroxyl groups is 1. The van der Waals surface area contributed by atoms with Crippen molar-refractivity contribution in [2.45, 2.75) is 0 Å². The van der Waals surface area contributed by atoms with Gasteiger partial charge in [-0.1, -0.05) is 0 Å². The number of phenols is 1. The number of aromatic nitrogens is 3. The summed E-state index contributed by atoms with van der Waals surface area (Å²) in [6.45, 7) is 0. The molecule has 9 heteroatoms. The number of hydrogen-bond acceptors (Lipinski definition) is 6. The Balaban J connectivity index is 2.28. The largest absolute Gasteiger partial charge is 0.508 e. The van der Waals surface area contributed by atoms with Crippen LogP contribution in [0.3, 0.4) is 0 Å². The molecule has 0 atom stereocenters. The number of carbonyl (C=O) groups excluding carboxylic acids is 1. The van der Waals surface area contributed by atoms with E-state index in [0.717, 1.165) is 6.07 Å². The third-order valence-electron chi connectivity index (χ3n) is 2.20. The fraction of sp³-hybridized carbons (Fsp3) is 0. The molecule has 0 radical (unpaired) electrons. The summed E-state index contributed by atoms with van der Waals surface area (Å²) in [6.07, 6.45) is 0. The summed E-state index contributed by atoms with van der Waals surface area (Å²) in [4.78, 5) is 26.3. The molecule has 0 spiro atoms. The highest BCUT2D eigenvalue weighted by Crippen LogP contribution is 2.21. The van der Waals surface area contributed by atoms with Crippen molar-refractivity contribution in [1.29, 1.82) is 0 Å². The zero-order valence-electron chi connectivity index (χ0n) is 9.41. The van der Waals surface area contributed by atoms with Crippen LogP contribution in [0.4, 0.5) is 11.6 Å². The first-order valence-corrected chi connectivity index (χ1v) is 5.03. The Morgan fingerprint density at radius 1 is 1.37 bits per heavy atom. The topological polar surface area (TPSA) is 154 Å². The lowest BCUT2D eigenvalue weighted by molar-refractivity contribution is 0.0697. The number of aromatic amines is 1. The molecule has 1 aromatic heterocycles. The molecule has 0 aliphatic heterocycles. The van der Waals surface area contributed by atoms with E-state index in [1.165, 1.54) is 12.1 Å². The van der Waals surface area contributed by atoms with Crippen LogP contribution >= 0.6 is 0 Å². The summed E-state index contributed by atoms with van der Waals surface area (Å²) < 4.78 is 0. The van der Waals surface area contributed by atoms with Gasteiger partial charge in [-0.2, -0.15) is 4.98 Å². The molecule has 19 heavy (non-hydrogen) atoms. The Labute approximate surface area is 106 Å². The fourth-order valence-corrected chi connectivity index (χ4v) is 1.38. The second-order valence-corrected chi connectivity index (χ2v) is 3.53. The van der Waals surface area contributed by atoms with Gasteiger partial charge < -0.3 is 21.3 Å². The second-order valence-electron chi connectivity index (χ2n) is 3.53. The van der Waals surface area contributed by atoms with E-state index in [2.05, 4.69) is 20.5 Å². The minimum atomic E-state index is -1.29. The Bertz CT molecular complexity index is 651. The highest BCUT2D eigenvalue weighted by molar-refractivity contribution is 6.06. The summed E-state index contributed by atoms with van der Waals surface area (Å²) in [6, 6.07) is 3.53. The molecule has 0 aliphatic rings. The number of nitrogens with one attached hydrogen (secondary N) is 2. The van der Waals surface area contributed by atoms with Gasteiger partial charge in [0.1, 0.15) is 5.75 Å². The van der Waals surface area contributed by atoms with Crippen LogP contribution in [-0.4, -0.2) is 37.3 Å². The van der Waals surface area contributed by atoms with Gasteiger partial charge in [-0.25, -0.2) is 4.79 Å². The number of carboxylic acid groups (broad SMARTS) is 1. The van der Waals surface area contributed by atoms with Crippen molar-refractivity contribution in [3.63, 3.8) is 0 Å². The molecular weight excluding hydrogens is 254 g/mol. The van der Waals surface area contributed by atoms with Crippen LogP contribution in [0.15, 0.2) is 18.2 Å². The molecule has 9 nitrogen and oxygen atoms in total. The van der Waals surface area contributed by atoms with Gasteiger partial charge in [0.05, 0.1) is 11.3 Å². The third kappa shape index (κ3) is 2.60. The highest BCUT2D eigenvalue weighted by atomic mass is 16.4. The molecule has 0 saturated carbocycles. The lowest BCUT2D eigenvalue weighted by atomic mass is 10.1. The van der Waals surface area contributed by atoms with Crippen molar-refractivity contribution in [3.05, 3.63) is 29.6 Å². The van der Waals surface area contributed by atoms with Crippen LogP contribution in [0.25, 0.3) is 0 Å². The van der Waals surface area contributed by atoms with Gasteiger partial charge >= 0.3 is 5.97 Å². The van der Waals surface area contributed by atoms with Crippen LogP contribution < -0.4 is 11.1 Å². The van der Waals surface area contributed by atoms with Crippen molar-refractivity contribution < 1.29 is 19.8 Å². The van der Waals surface area contributed by atoms with Crippen molar-refractivity contribution in [1.82, 2.24) is 15.2 Å². The Morgan fingerprint density at radius 3 is 2.68 bits per heavy atom. The molecule has 1 aromatic carbocycles. The second kappa shape index (κ2) is 4.64. The summed E-state index contributed by atoms with van der Waals surface area (Å²) in [5, 5.41) is 26.3. The quantitative estimate of drug-likeness (QED) is 0.490. The van der Waals surface area contributed by atoms with E-state index in [4.69, 9.17) is 10.8 Å². The monoisotopic (exact) mass is 263 g/mol. The number of carbonyl (C=O) groups is 2. The number of nitrogen functional groups attached to an aromatic ring is 1. The molecular formula is C10H9N5O4. The molecule has 0 bridgehead atoms. The van der Waals surface area contributed by atoms with Gasteiger partial charge in [-0.05, 0) is 18.2 Å². The Morgan fingerprint density at radius 2 is 2.11 bits per heavy atom. The van der Waals surface area contributed by atoms with Crippen molar-refractivity contribution in [2.24, 2.45) is 0 Å². The van der Waals surface area contributed by atoms with Crippen molar-refractivity contribution in [3.8, 4) is 5.75 Å². The predicted molar refractivity (Wildman–Crippen MR) is 63.8 cm³/mol. The van der Waals surface area contributed by atoms with E-state index in [1.54, 1.807) is 0 Å². The smallest absolute Gasteiger partial charge is 0.337 e. The number of anilines is 2. The number of amides is 1. The van der Waals surface area contributed by atoms with Gasteiger partial charge in [0.2, 0.25) is 11.8 Å². The van der Waals surface area contributed by atoms with Crippen molar-refractivity contribution in [2.75, 3.05) is 11.1 Å². The molecule has 6 N–H and O–H groups in total. The standard InChI is InChI=1S/C10H9N5O4/c11-10-13-7(14-15-10)8(17)12-6-2-1-4(16)3-5(6)9(18)19/h1-3,16H,(H,12,17)(H,18,19)(H3,11,13,14,15). The zero-order chi connectivity index (χ0) is 14.0. The first-order valence-electron chi connectivity index (χ1n) is 5.03. The molecule has 2 rings (SSSR count). The molecule has 1 heterocycles. The molecule has 1 amide bonds. The predicted octanol–water partition coefficient (Wildman–Crippen LogP) is 0.0430. The number of rotatable bonds is 3. The number of aromatic carboxylic acids is 1. The van der Waals surface area contributed by atoms with Crippen LogP contribution in [-0.2, 0) is 0 Å². The van der Waals surface area contributed by atoms with Crippen LogP contribution in [0, 0.1) is 0 Å². The fourth-order valence-electron chi connectivity index (χ4n) is 1.38. The SMILES string of the molecule is Nc1n[nH]c(C(=O)Nc2ccc(O)cc2C(=O)O)n1. The number of nitrogens with zero attached hydrogens (tertiary/aromatic N) is 2. The molecule has 0 fully saturated rings. The van der Waals surface area contributed by atoms with Crippen LogP contribution in [0.2, 0.25) is 0 Å². The zero-order valence-corrected chi connectivity index (χ0v) is 9.41. The van der Waals surface area contributed by atoms with E-state index >= 15 is 0 Å². The normalized spacial score (nSPS) is 10.1. The van der Waals surface area contributed by atoms with E-state index < -0.39 is 11.9 Å². The van der Waals surface area contributed by atoms with Gasteiger partial charge in [0.25, 0.3) is 5.91 Å². The first-order chi connectivity index (χ1) is 8.97. The first kappa shape index (κ1) is 12.4. The van der Waals surface area contributed by atoms with E-state index in [1.807, 2.05) is 0 Å². The third-order valence-corrected chi connectivity index (χ3v) is 2.20. The highest BCUT2D eigenvalue weighted by Gasteiger charge is 2.16. The average Bonchev–Trinajstić information content (AvgIpc) is 2.78. The minimum absolute atomic E-state index is 0.0188. The molecule has 98 valence electrons. The lowest BCUT2D eigenvalue weighted by Gasteiger charge is -2.07. The van der Waals surface area contributed by atoms with Gasteiger partial charge in [-0.15, -0.1) is 5.10 Å². The maximum Gasteiger partial charge on any atom is 0.337 e. The van der Waals surface area contributed by atoms with Crippen LogP contribution in [0.5, 0.6) is 5.75 Å². The van der Waals surface area contributed by atoms with Gasteiger partial charge in [-0.3, -0.25) is 9.89 Å². The van der Waals surface area contributed by atoms with E-state index in [-0.39, 0.29) is 28.8 Å². The molecule has 0 saturated heterocycles. The Kier molecular flexibility index (Phi) is 3.02. The lowest BCUT2D eigenvalue weighted by Crippen LogP contribution is -2.16. The van der Waals surface area contributed by atoms with Gasteiger partial charge in [0, 0.05) is 0 Å². The number of carboxylic acids is 1. The Hall–Kier alpha value is -3.10. The summed E-state index contributed by atoms with van der Waals surface area (Å²) >= 11 is 0. The number of nitrogens with two attached hydrogens (primary N) is 1. The van der Waals surface area contributed by atoms with Crippen LogP contribution in [0.1, 0.15) is 21.0 Å². The number of hydrogen-bond donors (Lipinski definition) is 5. The summed E-state index contributed by atoms with van der Waals surface area (Å²) in [7, 11) is 0. The number of phenolic OH excluding ortho intramolecular Hbond substituents is 1. The van der Waals surface area contributed by atoms with Crippen molar-refractivity contribution >= 4 is 23.5 Å². The molecule has 0 aliphatic carbocycles. The van der Waals surface area contributed by atoms with E-state index in [0.29, 0.717) is 0 Å². The average molecular weight is 263 g/mol. The maximum absolute atomic E-state index is 11.7. The summed E-state index contributed by atoms with van der Waals surface area (Å²) in [5.74, 6) is -2.46. The number of H-pyrrole nitrogens is 1. The van der Waals surface area contributed by atoms with Gasteiger partial charge in [0.15, 0.2) is 0 Å². The summed E-state index contributed by atoms with van der Waals surface area (Å²) in [5.41, 5.74) is 5.02. The molecule has 0 unspecified atom stereocenters.